The molecule has 2 atom stereocenters. The van der Waals surface area contributed by atoms with Crippen LogP contribution in [0.25, 0.3) is 0 Å². The normalized spacial score (nSPS) is 25.6. The molecule has 0 saturated carbocycles. The van der Waals surface area contributed by atoms with Gasteiger partial charge in [0, 0.05) is 19.1 Å². The fraction of sp³-hybridized carbons (Fsp3) is 0.500. The standard InChI is InChI=1S/C14H18N2/c1-11-7-12(2)16(9-11)10-14-5-3-13(8-15)4-6-14/h3-6,11-12H,7,9-10H2,1-2H3. The molecule has 0 bridgehead atoms. The van der Waals surface area contributed by atoms with E-state index in [9.17, 15) is 0 Å². The van der Waals surface area contributed by atoms with E-state index in [-0.39, 0.29) is 0 Å². The van der Waals surface area contributed by atoms with Crippen LogP contribution in [0.2, 0.25) is 0 Å². The molecule has 0 spiro atoms. The zero-order valence-electron chi connectivity index (χ0n) is 9.98. The van der Waals surface area contributed by atoms with E-state index in [4.69, 9.17) is 5.26 Å². The van der Waals surface area contributed by atoms with Crippen LogP contribution in [0.3, 0.4) is 0 Å². The predicted octanol–water partition coefficient (Wildman–Crippen LogP) is 2.79. The van der Waals surface area contributed by atoms with Crippen LogP contribution in [-0.4, -0.2) is 17.5 Å². The first-order chi connectivity index (χ1) is 7.69. The fourth-order valence-electron chi connectivity index (χ4n) is 2.53. The van der Waals surface area contributed by atoms with E-state index in [0.29, 0.717) is 6.04 Å². The van der Waals surface area contributed by atoms with Gasteiger partial charge in [-0.25, -0.2) is 0 Å². The Balaban J connectivity index is 2.01. The van der Waals surface area contributed by atoms with Gasteiger partial charge in [-0.2, -0.15) is 5.26 Å². The first kappa shape index (κ1) is 11.2. The molecule has 1 aromatic carbocycles. The van der Waals surface area contributed by atoms with Crippen molar-refractivity contribution >= 4 is 0 Å². The van der Waals surface area contributed by atoms with Gasteiger partial charge in [0.15, 0.2) is 0 Å². The van der Waals surface area contributed by atoms with Gasteiger partial charge in [0.25, 0.3) is 0 Å². The topological polar surface area (TPSA) is 27.0 Å². The molecule has 2 nitrogen and oxygen atoms in total. The summed E-state index contributed by atoms with van der Waals surface area (Å²) in [5.41, 5.74) is 2.05. The second kappa shape index (κ2) is 4.67. The van der Waals surface area contributed by atoms with Crippen molar-refractivity contribution < 1.29 is 0 Å². The van der Waals surface area contributed by atoms with Gasteiger partial charge in [-0.15, -0.1) is 0 Å². The van der Waals surface area contributed by atoms with Gasteiger partial charge < -0.3 is 0 Å². The summed E-state index contributed by atoms with van der Waals surface area (Å²) in [5, 5.41) is 8.73. The minimum atomic E-state index is 0.686. The SMILES string of the molecule is CC1CC(C)N(Cc2ccc(C#N)cc2)C1. The summed E-state index contributed by atoms with van der Waals surface area (Å²) in [6.45, 7) is 6.82. The third-order valence-corrected chi connectivity index (χ3v) is 3.38. The van der Waals surface area contributed by atoms with E-state index >= 15 is 0 Å². The molecule has 2 rings (SSSR count). The average molecular weight is 214 g/mol. The monoisotopic (exact) mass is 214 g/mol. The summed E-state index contributed by atoms with van der Waals surface area (Å²) in [7, 11) is 0. The van der Waals surface area contributed by atoms with Crippen LogP contribution >= 0.6 is 0 Å². The molecule has 84 valence electrons. The number of nitrogens with zero attached hydrogens (tertiary/aromatic N) is 2. The summed E-state index contributed by atoms with van der Waals surface area (Å²) < 4.78 is 0. The molecule has 16 heavy (non-hydrogen) atoms. The van der Waals surface area contributed by atoms with Crippen molar-refractivity contribution in [3.63, 3.8) is 0 Å². The van der Waals surface area contributed by atoms with Gasteiger partial charge in [-0.3, -0.25) is 4.90 Å². The van der Waals surface area contributed by atoms with E-state index in [1.807, 2.05) is 12.1 Å². The fourth-order valence-corrected chi connectivity index (χ4v) is 2.53. The number of benzene rings is 1. The van der Waals surface area contributed by atoms with Crippen molar-refractivity contribution in [2.75, 3.05) is 6.54 Å². The maximum Gasteiger partial charge on any atom is 0.0991 e. The Kier molecular flexibility index (Phi) is 3.26. The molecule has 0 amide bonds. The second-order valence-corrected chi connectivity index (χ2v) is 4.93. The molecular formula is C14H18N2. The summed E-state index contributed by atoms with van der Waals surface area (Å²) in [6.07, 6.45) is 1.30. The highest BCUT2D eigenvalue weighted by Gasteiger charge is 2.25. The van der Waals surface area contributed by atoms with Gasteiger partial charge in [-0.1, -0.05) is 19.1 Å². The molecule has 2 unspecified atom stereocenters. The van der Waals surface area contributed by atoms with Crippen molar-refractivity contribution in [3.8, 4) is 6.07 Å². The van der Waals surface area contributed by atoms with Crippen LogP contribution in [0.1, 0.15) is 31.4 Å². The van der Waals surface area contributed by atoms with Crippen molar-refractivity contribution in [2.24, 2.45) is 5.92 Å². The van der Waals surface area contributed by atoms with Crippen molar-refractivity contribution in [1.82, 2.24) is 4.90 Å². The van der Waals surface area contributed by atoms with Crippen molar-refractivity contribution in [1.29, 1.82) is 5.26 Å². The first-order valence-electron chi connectivity index (χ1n) is 5.92. The van der Waals surface area contributed by atoms with Crippen molar-refractivity contribution in [2.45, 2.75) is 32.9 Å². The smallest absolute Gasteiger partial charge is 0.0991 e. The Morgan fingerprint density at radius 3 is 2.50 bits per heavy atom. The van der Waals surface area contributed by atoms with Crippen LogP contribution < -0.4 is 0 Å². The van der Waals surface area contributed by atoms with E-state index in [1.165, 1.54) is 18.5 Å². The first-order valence-corrected chi connectivity index (χ1v) is 5.92. The number of rotatable bonds is 2. The molecule has 1 aromatic rings. The molecule has 1 saturated heterocycles. The van der Waals surface area contributed by atoms with Gasteiger partial charge in [0.2, 0.25) is 0 Å². The molecule has 0 N–H and O–H groups in total. The summed E-state index contributed by atoms with van der Waals surface area (Å²) in [5.74, 6) is 0.813. The maximum absolute atomic E-state index is 8.73. The molecule has 0 radical (unpaired) electrons. The average Bonchev–Trinajstić information content (AvgIpc) is 2.59. The maximum atomic E-state index is 8.73. The van der Waals surface area contributed by atoms with Gasteiger partial charge in [0.05, 0.1) is 11.6 Å². The largest absolute Gasteiger partial charge is 0.296 e. The number of nitriles is 1. The lowest BCUT2D eigenvalue weighted by Crippen LogP contribution is -2.26. The van der Waals surface area contributed by atoms with Crippen LogP contribution in [0.4, 0.5) is 0 Å². The number of hydrogen-bond acceptors (Lipinski definition) is 2. The van der Waals surface area contributed by atoms with Gasteiger partial charge in [0.1, 0.15) is 0 Å². The highest BCUT2D eigenvalue weighted by molar-refractivity contribution is 5.31. The highest BCUT2D eigenvalue weighted by Crippen LogP contribution is 2.24. The van der Waals surface area contributed by atoms with Crippen molar-refractivity contribution in [3.05, 3.63) is 35.4 Å². The minimum absolute atomic E-state index is 0.686. The van der Waals surface area contributed by atoms with Crippen LogP contribution in [0, 0.1) is 17.2 Å². The zero-order chi connectivity index (χ0) is 11.5. The molecule has 1 fully saturated rings. The molecular weight excluding hydrogens is 196 g/mol. The van der Waals surface area contributed by atoms with E-state index in [1.54, 1.807) is 0 Å². The van der Waals surface area contributed by atoms with Gasteiger partial charge >= 0.3 is 0 Å². The molecule has 0 aliphatic carbocycles. The van der Waals surface area contributed by atoms with Gasteiger partial charge in [-0.05, 0) is 37.0 Å². The predicted molar refractivity (Wildman–Crippen MR) is 64.8 cm³/mol. The van der Waals surface area contributed by atoms with E-state index in [0.717, 1.165) is 18.0 Å². The Morgan fingerprint density at radius 1 is 1.31 bits per heavy atom. The summed E-state index contributed by atoms with van der Waals surface area (Å²) in [4.78, 5) is 2.52. The molecule has 1 aliphatic heterocycles. The van der Waals surface area contributed by atoms with Crippen LogP contribution in [-0.2, 0) is 6.54 Å². The van der Waals surface area contributed by atoms with E-state index in [2.05, 4.69) is 36.9 Å². The lowest BCUT2D eigenvalue weighted by atomic mass is 10.1. The zero-order valence-corrected chi connectivity index (χ0v) is 9.98. The Hall–Kier alpha value is -1.33. The molecule has 1 aliphatic rings. The Bertz CT molecular complexity index is 388. The lowest BCUT2D eigenvalue weighted by molar-refractivity contribution is 0.256. The number of likely N-dealkylation sites (tertiary alicyclic amines) is 1. The van der Waals surface area contributed by atoms with Crippen LogP contribution in [0.15, 0.2) is 24.3 Å². The lowest BCUT2D eigenvalue weighted by Gasteiger charge is -2.20. The third kappa shape index (κ3) is 2.43. The highest BCUT2D eigenvalue weighted by atomic mass is 15.2. The summed E-state index contributed by atoms with van der Waals surface area (Å²) in [6, 6.07) is 10.8. The Morgan fingerprint density at radius 2 is 2.00 bits per heavy atom. The summed E-state index contributed by atoms with van der Waals surface area (Å²) >= 11 is 0. The van der Waals surface area contributed by atoms with E-state index < -0.39 is 0 Å². The molecule has 0 aromatic heterocycles. The quantitative estimate of drug-likeness (QED) is 0.757. The Labute approximate surface area is 97.5 Å². The molecule has 1 heterocycles. The molecule has 2 heteroatoms. The number of hydrogen-bond donors (Lipinski definition) is 0. The van der Waals surface area contributed by atoms with Crippen LogP contribution in [0.5, 0.6) is 0 Å². The minimum Gasteiger partial charge on any atom is -0.296 e. The second-order valence-electron chi connectivity index (χ2n) is 4.93. The third-order valence-electron chi connectivity index (χ3n) is 3.38.